The van der Waals surface area contributed by atoms with E-state index in [0.717, 1.165) is 11.3 Å². The third-order valence-electron chi connectivity index (χ3n) is 4.62. The maximum atomic E-state index is 12.9. The molecule has 2 aromatic carbocycles. The monoisotopic (exact) mass is 349 g/mol. The molecule has 0 saturated carbocycles. The summed E-state index contributed by atoms with van der Waals surface area (Å²) in [6.45, 7) is 2.65. The van der Waals surface area contributed by atoms with Crippen LogP contribution in [0.3, 0.4) is 0 Å². The summed E-state index contributed by atoms with van der Waals surface area (Å²) in [5, 5.41) is 0.542. The van der Waals surface area contributed by atoms with Gasteiger partial charge in [-0.05, 0) is 30.7 Å². The summed E-state index contributed by atoms with van der Waals surface area (Å²) >= 11 is 0. The largest absolute Gasteiger partial charge is 0.480 e. The normalized spacial score (nSPS) is 15.5. The van der Waals surface area contributed by atoms with E-state index in [1.807, 2.05) is 37.3 Å². The number of fused-ring (bicyclic) bond motifs is 2. The first-order valence-electron chi connectivity index (χ1n) is 8.67. The Morgan fingerprint density at radius 3 is 2.81 bits per heavy atom. The van der Waals surface area contributed by atoms with Gasteiger partial charge in [0.05, 0.1) is 17.4 Å². The van der Waals surface area contributed by atoms with Crippen LogP contribution < -0.4 is 10.3 Å². The number of likely N-dealkylation sites (N-methyl/N-ethyl adjacent to an activating group) is 1. The molecule has 0 aliphatic carbocycles. The average Bonchev–Trinajstić information content (AvgIpc) is 3.10. The molecule has 1 aromatic heterocycles. The van der Waals surface area contributed by atoms with Gasteiger partial charge in [0.1, 0.15) is 11.6 Å². The summed E-state index contributed by atoms with van der Waals surface area (Å²) in [7, 11) is 0. The van der Waals surface area contributed by atoms with Gasteiger partial charge in [0.15, 0.2) is 6.10 Å². The molecule has 3 aromatic rings. The Kier molecular flexibility index (Phi) is 4.16. The zero-order chi connectivity index (χ0) is 18.1. The van der Waals surface area contributed by atoms with Crippen LogP contribution in [0, 0.1) is 0 Å². The molecule has 1 N–H and O–H groups in total. The third-order valence-corrected chi connectivity index (χ3v) is 4.62. The first-order chi connectivity index (χ1) is 12.7. The van der Waals surface area contributed by atoms with Crippen molar-refractivity contribution in [3.63, 3.8) is 0 Å². The molecule has 132 valence electrons. The Labute approximate surface area is 150 Å². The highest BCUT2D eigenvalue weighted by molar-refractivity contribution is 5.82. The number of hydrogen-bond donors (Lipinski definition) is 1. The molecule has 0 saturated heterocycles. The molecule has 1 aliphatic heterocycles. The number of ether oxygens (including phenoxy) is 1. The molecule has 6 heteroatoms. The smallest absolute Gasteiger partial charge is 0.264 e. The first kappa shape index (κ1) is 16.3. The summed E-state index contributed by atoms with van der Waals surface area (Å²) in [5.41, 5.74) is 1.47. The number of carbonyl (C=O) groups is 1. The molecular weight excluding hydrogens is 330 g/mol. The van der Waals surface area contributed by atoms with Crippen molar-refractivity contribution in [1.82, 2.24) is 14.9 Å². The minimum atomic E-state index is -0.528. The number of H-pyrrole nitrogens is 1. The molecule has 1 atom stereocenters. The van der Waals surface area contributed by atoms with Gasteiger partial charge in [-0.15, -0.1) is 0 Å². The summed E-state index contributed by atoms with van der Waals surface area (Å²) in [6, 6.07) is 14.9. The van der Waals surface area contributed by atoms with Gasteiger partial charge >= 0.3 is 0 Å². The number of benzene rings is 2. The van der Waals surface area contributed by atoms with Gasteiger partial charge in [-0.2, -0.15) is 0 Å². The number of carbonyl (C=O) groups excluding carboxylic acids is 1. The molecule has 1 aliphatic rings. The van der Waals surface area contributed by atoms with Gasteiger partial charge in [0.25, 0.3) is 11.5 Å². The van der Waals surface area contributed by atoms with Crippen molar-refractivity contribution < 1.29 is 9.53 Å². The standard InChI is InChI=1S/C20H19N3O3/c1-2-23(20(25)17-11-13-7-3-6-10-16(13)26-17)12-18-21-15-9-5-4-8-14(15)19(24)22-18/h3-10,17H,2,11-12H2,1H3,(H,21,22,24)/t17-/m0/s1. The van der Waals surface area contributed by atoms with E-state index in [-0.39, 0.29) is 18.0 Å². The first-order valence-corrected chi connectivity index (χ1v) is 8.67. The Bertz CT molecular complexity index is 1000. The molecule has 0 bridgehead atoms. The van der Waals surface area contributed by atoms with Crippen LogP contribution in [0.15, 0.2) is 53.3 Å². The maximum Gasteiger partial charge on any atom is 0.264 e. The highest BCUT2D eigenvalue weighted by Crippen LogP contribution is 2.29. The number of rotatable bonds is 4. The Morgan fingerprint density at radius 1 is 1.23 bits per heavy atom. The lowest BCUT2D eigenvalue weighted by Crippen LogP contribution is -2.41. The maximum absolute atomic E-state index is 12.9. The van der Waals surface area contributed by atoms with Crippen LogP contribution in [-0.4, -0.2) is 33.4 Å². The fraction of sp³-hybridized carbons (Fsp3) is 0.250. The number of amides is 1. The molecule has 0 spiro atoms. The molecule has 2 heterocycles. The van der Waals surface area contributed by atoms with Crippen LogP contribution in [0.4, 0.5) is 0 Å². The van der Waals surface area contributed by atoms with Gasteiger partial charge in [-0.25, -0.2) is 4.98 Å². The molecular formula is C20H19N3O3. The lowest BCUT2D eigenvalue weighted by Gasteiger charge is -2.23. The minimum Gasteiger partial charge on any atom is -0.480 e. The molecule has 4 rings (SSSR count). The highest BCUT2D eigenvalue weighted by atomic mass is 16.5. The van der Waals surface area contributed by atoms with E-state index >= 15 is 0 Å². The van der Waals surface area contributed by atoms with Crippen molar-refractivity contribution >= 4 is 16.8 Å². The minimum absolute atomic E-state index is 0.0977. The molecule has 0 radical (unpaired) electrons. The second kappa shape index (κ2) is 6.63. The van der Waals surface area contributed by atoms with Crippen molar-refractivity contribution in [2.75, 3.05) is 6.54 Å². The molecule has 0 fully saturated rings. The van der Waals surface area contributed by atoms with E-state index in [0.29, 0.717) is 29.7 Å². The average molecular weight is 349 g/mol. The summed E-state index contributed by atoms with van der Waals surface area (Å²) in [5.74, 6) is 1.14. The summed E-state index contributed by atoms with van der Waals surface area (Å²) in [4.78, 5) is 34.0. The van der Waals surface area contributed by atoms with Gasteiger partial charge < -0.3 is 14.6 Å². The van der Waals surface area contributed by atoms with Gasteiger partial charge in [-0.1, -0.05) is 30.3 Å². The summed E-state index contributed by atoms with van der Waals surface area (Å²) in [6.07, 6.45) is 0.0345. The van der Waals surface area contributed by atoms with Crippen molar-refractivity contribution in [2.24, 2.45) is 0 Å². The van der Waals surface area contributed by atoms with Crippen molar-refractivity contribution in [1.29, 1.82) is 0 Å². The predicted molar refractivity (Wildman–Crippen MR) is 98.0 cm³/mol. The van der Waals surface area contributed by atoms with Crippen LogP contribution in [0.25, 0.3) is 10.9 Å². The fourth-order valence-corrected chi connectivity index (χ4v) is 3.26. The van der Waals surface area contributed by atoms with Crippen LogP contribution in [0.1, 0.15) is 18.3 Å². The molecule has 26 heavy (non-hydrogen) atoms. The molecule has 0 unspecified atom stereocenters. The second-order valence-electron chi connectivity index (χ2n) is 6.30. The van der Waals surface area contributed by atoms with Crippen molar-refractivity contribution in [3.8, 4) is 5.75 Å². The van der Waals surface area contributed by atoms with Gasteiger partial charge in [0.2, 0.25) is 0 Å². The van der Waals surface area contributed by atoms with Crippen LogP contribution in [-0.2, 0) is 17.8 Å². The van der Waals surface area contributed by atoms with Gasteiger partial charge in [-0.3, -0.25) is 9.59 Å². The SMILES string of the molecule is CCN(Cc1nc2ccccc2c(=O)[nH]1)C(=O)[C@@H]1Cc2ccccc2O1. The second-order valence-corrected chi connectivity index (χ2v) is 6.30. The molecule has 6 nitrogen and oxygen atoms in total. The van der Waals surface area contributed by atoms with Crippen LogP contribution in [0.2, 0.25) is 0 Å². The third kappa shape index (κ3) is 2.94. The van der Waals surface area contributed by atoms with E-state index in [1.165, 1.54) is 0 Å². The lowest BCUT2D eigenvalue weighted by atomic mass is 10.1. The van der Waals surface area contributed by atoms with Crippen molar-refractivity contribution in [2.45, 2.75) is 26.0 Å². The number of nitrogens with one attached hydrogen (secondary N) is 1. The van der Waals surface area contributed by atoms with E-state index < -0.39 is 6.10 Å². The quantitative estimate of drug-likeness (QED) is 0.784. The van der Waals surface area contributed by atoms with Crippen LogP contribution in [0.5, 0.6) is 5.75 Å². The number of nitrogens with zero attached hydrogens (tertiary/aromatic N) is 2. The van der Waals surface area contributed by atoms with E-state index in [4.69, 9.17) is 4.74 Å². The zero-order valence-corrected chi connectivity index (χ0v) is 14.4. The van der Waals surface area contributed by atoms with E-state index in [2.05, 4.69) is 9.97 Å². The number of aromatic amines is 1. The topological polar surface area (TPSA) is 75.3 Å². The molecule has 1 amide bonds. The number of hydrogen-bond acceptors (Lipinski definition) is 4. The predicted octanol–water partition coefficient (Wildman–Crippen LogP) is 2.28. The Morgan fingerprint density at radius 2 is 2.00 bits per heavy atom. The zero-order valence-electron chi connectivity index (χ0n) is 14.4. The summed E-state index contributed by atoms with van der Waals surface area (Å²) < 4.78 is 5.80. The van der Waals surface area contributed by atoms with Crippen molar-refractivity contribution in [3.05, 3.63) is 70.3 Å². The Balaban J connectivity index is 1.55. The number of aromatic nitrogens is 2. The number of para-hydroxylation sites is 2. The van der Waals surface area contributed by atoms with E-state index in [1.54, 1.807) is 23.1 Å². The van der Waals surface area contributed by atoms with E-state index in [9.17, 15) is 9.59 Å². The Hall–Kier alpha value is -3.15. The highest BCUT2D eigenvalue weighted by Gasteiger charge is 2.32. The van der Waals surface area contributed by atoms with Gasteiger partial charge in [0, 0.05) is 13.0 Å². The van der Waals surface area contributed by atoms with Crippen LogP contribution >= 0.6 is 0 Å². The fourth-order valence-electron chi connectivity index (χ4n) is 3.26. The lowest BCUT2D eigenvalue weighted by molar-refractivity contribution is -0.138.